The fourth-order valence-corrected chi connectivity index (χ4v) is 4.75. The van der Waals surface area contributed by atoms with Crippen LogP contribution >= 0.6 is 11.3 Å². The lowest BCUT2D eigenvalue weighted by Gasteiger charge is -2.41. The van der Waals surface area contributed by atoms with E-state index in [-0.39, 0.29) is 5.91 Å². The molecule has 4 rings (SSSR count). The van der Waals surface area contributed by atoms with Gasteiger partial charge in [0.15, 0.2) is 5.69 Å². The normalized spacial score (nSPS) is 20.6. The maximum absolute atomic E-state index is 12.8. The maximum atomic E-state index is 12.8. The molecule has 26 heavy (non-hydrogen) atoms. The van der Waals surface area contributed by atoms with E-state index in [0.29, 0.717) is 17.8 Å². The third-order valence-corrected chi connectivity index (χ3v) is 6.56. The Labute approximate surface area is 158 Å². The van der Waals surface area contributed by atoms with Crippen LogP contribution in [0.25, 0.3) is 10.6 Å². The number of rotatable bonds is 4. The van der Waals surface area contributed by atoms with Gasteiger partial charge in [0.25, 0.3) is 5.91 Å². The van der Waals surface area contributed by atoms with Crippen LogP contribution in [0.4, 0.5) is 0 Å². The number of ether oxygens (including phenoxy) is 1. The summed E-state index contributed by atoms with van der Waals surface area (Å²) in [5.41, 5.74) is 1.44. The number of H-pyrrole nitrogens is 1. The number of hydrogen-bond acceptors (Lipinski definition) is 5. The van der Waals surface area contributed by atoms with Gasteiger partial charge in [-0.25, -0.2) is 0 Å². The number of carbonyl (C=O) groups is 1. The van der Waals surface area contributed by atoms with Crippen molar-refractivity contribution in [2.45, 2.75) is 37.8 Å². The lowest BCUT2D eigenvalue weighted by Crippen LogP contribution is -2.49. The molecule has 4 heterocycles. The molecule has 0 atom stereocenters. The van der Waals surface area contributed by atoms with Gasteiger partial charge in [-0.3, -0.25) is 9.89 Å². The topological polar surface area (TPSA) is 61.5 Å². The van der Waals surface area contributed by atoms with Crippen LogP contribution in [-0.2, 0) is 4.74 Å². The van der Waals surface area contributed by atoms with Crippen LogP contribution in [0.1, 0.15) is 36.2 Å². The van der Waals surface area contributed by atoms with E-state index in [1.807, 2.05) is 35.6 Å². The zero-order chi connectivity index (χ0) is 17.9. The first-order chi connectivity index (χ1) is 12.7. The van der Waals surface area contributed by atoms with Gasteiger partial charge in [-0.05, 0) is 43.2 Å². The second-order valence-electron chi connectivity index (χ2n) is 7.14. The smallest absolute Gasteiger partial charge is 0.274 e. The molecule has 6 nitrogen and oxygen atoms in total. The van der Waals surface area contributed by atoms with Crippen LogP contribution in [0.3, 0.4) is 0 Å². The second-order valence-corrected chi connectivity index (χ2v) is 8.09. The number of nitrogens with one attached hydrogen (secondary N) is 1. The molecule has 0 saturated carbocycles. The molecule has 0 aliphatic carbocycles. The second kappa shape index (κ2) is 7.90. The van der Waals surface area contributed by atoms with E-state index in [4.69, 9.17) is 4.74 Å². The molecular formula is C19H26N4O2S. The van der Waals surface area contributed by atoms with Crippen molar-refractivity contribution in [2.24, 2.45) is 0 Å². The Morgan fingerprint density at radius 1 is 1.23 bits per heavy atom. The zero-order valence-electron chi connectivity index (χ0n) is 15.2. The average Bonchev–Trinajstić information content (AvgIpc) is 3.39. The number of thiophene rings is 1. The number of likely N-dealkylation sites (tertiary alicyclic amines) is 2. The molecule has 2 saturated heterocycles. The Hall–Kier alpha value is -1.70. The molecule has 0 spiro atoms. The van der Waals surface area contributed by atoms with E-state index >= 15 is 0 Å². The Kier molecular flexibility index (Phi) is 5.38. The Balaban J connectivity index is 1.31. The number of carbonyl (C=O) groups excluding carboxylic acids is 1. The van der Waals surface area contributed by atoms with E-state index in [9.17, 15) is 4.79 Å². The van der Waals surface area contributed by atoms with E-state index < -0.39 is 0 Å². The highest BCUT2D eigenvalue weighted by molar-refractivity contribution is 7.13. The summed E-state index contributed by atoms with van der Waals surface area (Å²) in [6.07, 6.45) is 4.75. The third-order valence-electron chi connectivity index (χ3n) is 5.66. The number of piperidine rings is 2. The van der Waals surface area contributed by atoms with E-state index in [2.05, 4.69) is 15.1 Å². The first kappa shape index (κ1) is 17.7. The van der Waals surface area contributed by atoms with Gasteiger partial charge in [-0.2, -0.15) is 5.10 Å². The highest BCUT2D eigenvalue weighted by Gasteiger charge is 2.30. The molecule has 1 amide bonds. The molecule has 0 unspecified atom stereocenters. The molecule has 140 valence electrons. The summed E-state index contributed by atoms with van der Waals surface area (Å²) in [6, 6.07) is 6.50. The van der Waals surface area contributed by atoms with Gasteiger partial charge in [-0.1, -0.05) is 6.07 Å². The number of amides is 1. The number of nitrogens with zero attached hydrogens (tertiary/aromatic N) is 3. The summed E-state index contributed by atoms with van der Waals surface area (Å²) in [6.45, 7) is 3.85. The highest BCUT2D eigenvalue weighted by atomic mass is 32.1. The third kappa shape index (κ3) is 3.70. The Morgan fingerprint density at radius 2 is 2.00 bits per heavy atom. The monoisotopic (exact) mass is 374 g/mol. The summed E-state index contributed by atoms with van der Waals surface area (Å²) >= 11 is 1.64. The molecule has 0 aromatic carbocycles. The van der Waals surface area contributed by atoms with Crippen LogP contribution in [0.5, 0.6) is 0 Å². The molecule has 1 N–H and O–H groups in total. The molecule has 2 aliphatic heterocycles. The van der Waals surface area contributed by atoms with Gasteiger partial charge in [0.05, 0.1) is 16.7 Å². The molecule has 2 fully saturated rings. The predicted octanol–water partition coefficient (Wildman–Crippen LogP) is 2.85. The lowest BCUT2D eigenvalue weighted by molar-refractivity contribution is 0.0145. The molecule has 2 aromatic rings. The number of methoxy groups -OCH3 is 1. The number of aromatic nitrogens is 2. The first-order valence-corrected chi connectivity index (χ1v) is 10.3. The van der Waals surface area contributed by atoms with Crippen molar-refractivity contribution in [3.8, 4) is 10.6 Å². The van der Waals surface area contributed by atoms with Crippen molar-refractivity contribution in [2.75, 3.05) is 33.3 Å². The van der Waals surface area contributed by atoms with Gasteiger partial charge >= 0.3 is 0 Å². The SMILES string of the molecule is COC1CCN(C2CCN(C(=O)c3cc(-c4cccs4)[nH]n3)CC2)CC1. The number of aromatic amines is 1. The van der Waals surface area contributed by atoms with Crippen LogP contribution in [0.2, 0.25) is 0 Å². The summed E-state index contributed by atoms with van der Waals surface area (Å²) in [5, 5.41) is 9.26. The van der Waals surface area contributed by atoms with Gasteiger partial charge in [-0.15, -0.1) is 11.3 Å². The van der Waals surface area contributed by atoms with Crippen molar-refractivity contribution in [1.29, 1.82) is 0 Å². The van der Waals surface area contributed by atoms with Crippen LogP contribution in [-0.4, -0.2) is 71.3 Å². The molecule has 7 heteroatoms. The van der Waals surface area contributed by atoms with Crippen LogP contribution in [0, 0.1) is 0 Å². The number of hydrogen-bond donors (Lipinski definition) is 1. The van der Waals surface area contributed by atoms with Gasteiger partial charge in [0.2, 0.25) is 0 Å². The standard InChI is InChI=1S/C19H26N4O2S/c1-25-15-6-10-22(11-7-15)14-4-8-23(9-5-14)19(24)17-13-16(20-21-17)18-3-2-12-26-18/h2-3,12-15H,4-11H2,1H3,(H,20,21). The molecule has 2 aromatic heterocycles. The lowest BCUT2D eigenvalue weighted by atomic mass is 9.98. The van der Waals surface area contributed by atoms with Gasteiger partial charge in [0, 0.05) is 39.3 Å². The summed E-state index contributed by atoms with van der Waals surface area (Å²) < 4.78 is 5.46. The maximum Gasteiger partial charge on any atom is 0.274 e. The van der Waals surface area contributed by atoms with E-state index in [0.717, 1.165) is 62.4 Å². The summed E-state index contributed by atoms with van der Waals surface area (Å²) in [4.78, 5) is 18.4. The quantitative estimate of drug-likeness (QED) is 0.894. The van der Waals surface area contributed by atoms with Crippen molar-refractivity contribution >= 4 is 17.2 Å². The zero-order valence-corrected chi connectivity index (χ0v) is 16.0. The van der Waals surface area contributed by atoms with Crippen LogP contribution < -0.4 is 0 Å². The summed E-state index contributed by atoms with van der Waals surface area (Å²) in [5.74, 6) is 0.0422. The highest BCUT2D eigenvalue weighted by Crippen LogP contribution is 2.25. The van der Waals surface area contributed by atoms with Crippen molar-refractivity contribution in [1.82, 2.24) is 20.0 Å². The molecule has 0 radical (unpaired) electrons. The Bertz CT molecular complexity index is 714. The van der Waals surface area contributed by atoms with Crippen molar-refractivity contribution in [3.63, 3.8) is 0 Å². The minimum absolute atomic E-state index is 0.0422. The summed E-state index contributed by atoms with van der Waals surface area (Å²) in [7, 11) is 1.81. The minimum Gasteiger partial charge on any atom is -0.381 e. The van der Waals surface area contributed by atoms with Crippen molar-refractivity contribution < 1.29 is 9.53 Å². The molecule has 0 bridgehead atoms. The fraction of sp³-hybridized carbons (Fsp3) is 0.579. The van der Waals surface area contributed by atoms with Crippen LogP contribution in [0.15, 0.2) is 23.6 Å². The fourth-order valence-electron chi connectivity index (χ4n) is 4.06. The largest absolute Gasteiger partial charge is 0.381 e. The van der Waals surface area contributed by atoms with Gasteiger partial charge < -0.3 is 14.5 Å². The minimum atomic E-state index is 0.0422. The predicted molar refractivity (Wildman–Crippen MR) is 102 cm³/mol. The van der Waals surface area contributed by atoms with Gasteiger partial charge in [0.1, 0.15) is 0 Å². The van der Waals surface area contributed by atoms with E-state index in [1.165, 1.54) is 0 Å². The average molecular weight is 375 g/mol. The van der Waals surface area contributed by atoms with Crippen molar-refractivity contribution in [3.05, 3.63) is 29.3 Å². The first-order valence-electron chi connectivity index (χ1n) is 9.40. The molecule has 2 aliphatic rings. The Morgan fingerprint density at radius 3 is 2.65 bits per heavy atom. The van der Waals surface area contributed by atoms with E-state index in [1.54, 1.807) is 11.3 Å². The molecular weight excluding hydrogens is 348 g/mol.